The Morgan fingerprint density at radius 2 is 1.61 bits per heavy atom. The molecule has 0 bridgehead atoms. The lowest BCUT2D eigenvalue weighted by molar-refractivity contribution is -0.142. The Labute approximate surface area is 134 Å². The summed E-state index contributed by atoms with van der Waals surface area (Å²) in [6.07, 6.45) is 0. The van der Waals surface area contributed by atoms with Crippen molar-refractivity contribution in [2.45, 2.75) is 25.9 Å². The molecule has 0 atom stereocenters. The molecule has 0 aliphatic heterocycles. The molecule has 2 N–H and O–H groups in total. The van der Waals surface area contributed by atoms with Crippen LogP contribution in [0.3, 0.4) is 0 Å². The number of rotatable bonds is 6. The maximum Gasteiger partial charge on any atom is 0.336 e. The van der Waals surface area contributed by atoms with Crippen LogP contribution < -0.4 is 4.74 Å². The number of carbonyl (C=O) groups is 2. The van der Waals surface area contributed by atoms with Crippen LogP contribution in [0.25, 0.3) is 0 Å². The van der Waals surface area contributed by atoms with Gasteiger partial charge >= 0.3 is 11.9 Å². The summed E-state index contributed by atoms with van der Waals surface area (Å²) >= 11 is 0. The fourth-order valence-corrected chi connectivity index (χ4v) is 2.11. The first-order chi connectivity index (χ1) is 10.8. The molecule has 0 heterocycles. The van der Waals surface area contributed by atoms with E-state index in [0.29, 0.717) is 16.9 Å². The molecule has 0 spiro atoms. The summed E-state index contributed by atoms with van der Waals surface area (Å²) in [6, 6.07) is 13.4. The lowest BCUT2D eigenvalue weighted by atomic mass is 9.85. The summed E-state index contributed by atoms with van der Waals surface area (Å²) in [5.41, 5.74) is 0.475. The Morgan fingerprint density at radius 3 is 2.17 bits per heavy atom. The molecule has 5 heteroatoms. The quantitative estimate of drug-likeness (QED) is 0.854. The number of carboxylic acids is 2. The summed E-state index contributed by atoms with van der Waals surface area (Å²) in [5.74, 6) is -1.35. The number of ether oxygens (including phenoxy) is 1. The Morgan fingerprint density at radius 1 is 1.00 bits per heavy atom. The molecule has 0 aliphatic carbocycles. The molecule has 0 amide bonds. The van der Waals surface area contributed by atoms with Crippen molar-refractivity contribution in [3.63, 3.8) is 0 Å². The molecule has 2 rings (SSSR count). The van der Waals surface area contributed by atoms with Crippen molar-refractivity contribution in [3.05, 3.63) is 65.2 Å². The summed E-state index contributed by atoms with van der Waals surface area (Å²) in [7, 11) is 0. The van der Waals surface area contributed by atoms with Gasteiger partial charge in [-0.2, -0.15) is 0 Å². The average molecular weight is 314 g/mol. The van der Waals surface area contributed by atoms with E-state index in [-0.39, 0.29) is 12.2 Å². The van der Waals surface area contributed by atoms with E-state index in [1.54, 1.807) is 56.3 Å². The van der Waals surface area contributed by atoms with Crippen molar-refractivity contribution in [2.24, 2.45) is 0 Å². The van der Waals surface area contributed by atoms with Crippen molar-refractivity contribution in [2.75, 3.05) is 0 Å². The second kappa shape index (κ2) is 6.52. The first-order valence-corrected chi connectivity index (χ1v) is 7.10. The Balaban J connectivity index is 2.11. The van der Waals surface area contributed by atoms with Gasteiger partial charge in [0.05, 0.1) is 11.0 Å². The number of aliphatic carboxylic acids is 1. The minimum absolute atomic E-state index is 0.129. The maximum atomic E-state index is 11.2. The minimum Gasteiger partial charge on any atom is -0.489 e. The zero-order chi connectivity index (χ0) is 17.0. The van der Waals surface area contributed by atoms with Crippen molar-refractivity contribution in [1.29, 1.82) is 0 Å². The number of benzene rings is 2. The van der Waals surface area contributed by atoms with Gasteiger partial charge in [-0.3, -0.25) is 4.79 Å². The van der Waals surface area contributed by atoms with Crippen molar-refractivity contribution >= 4 is 11.9 Å². The molecule has 0 fully saturated rings. The molecule has 2 aromatic rings. The van der Waals surface area contributed by atoms with Crippen LogP contribution in [0, 0.1) is 0 Å². The predicted molar refractivity (Wildman–Crippen MR) is 84.8 cm³/mol. The highest BCUT2D eigenvalue weighted by Crippen LogP contribution is 2.26. The van der Waals surface area contributed by atoms with Crippen LogP contribution in [0.15, 0.2) is 48.5 Å². The van der Waals surface area contributed by atoms with Crippen LogP contribution >= 0.6 is 0 Å². The van der Waals surface area contributed by atoms with E-state index >= 15 is 0 Å². The number of carboxylic acid groups (broad SMARTS) is 2. The summed E-state index contributed by atoms with van der Waals surface area (Å²) in [6.45, 7) is 3.40. The molecular formula is C18H18O5. The van der Waals surface area contributed by atoms with Gasteiger partial charge in [-0.05, 0) is 37.6 Å². The first-order valence-electron chi connectivity index (χ1n) is 7.10. The summed E-state index contributed by atoms with van der Waals surface area (Å²) < 4.78 is 5.60. The van der Waals surface area contributed by atoms with Crippen LogP contribution in [0.1, 0.15) is 35.3 Å². The predicted octanol–water partition coefficient (Wildman–Crippen LogP) is 3.33. The van der Waals surface area contributed by atoms with Crippen LogP contribution in [-0.4, -0.2) is 22.2 Å². The highest BCUT2D eigenvalue weighted by molar-refractivity contribution is 5.89. The van der Waals surface area contributed by atoms with Crippen molar-refractivity contribution in [1.82, 2.24) is 0 Å². The smallest absolute Gasteiger partial charge is 0.336 e. The van der Waals surface area contributed by atoms with Crippen molar-refractivity contribution < 1.29 is 24.5 Å². The third-order valence-electron chi connectivity index (χ3n) is 3.75. The number of hydrogen-bond donors (Lipinski definition) is 2. The fraction of sp³-hybridized carbons (Fsp3) is 0.222. The molecule has 0 aliphatic rings. The SMILES string of the molecule is CC(C)(C(=O)O)c1ccc(OCc2ccccc2C(=O)O)cc1. The van der Waals surface area contributed by atoms with E-state index in [1.165, 1.54) is 6.07 Å². The van der Waals surface area contributed by atoms with E-state index in [2.05, 4.69) is 0 Å². The first kappa shape index (κ1) is 16.5. The lowest BCUT2D eigenvalue weighted by Gasteiger charge is -2.20. The fourth-order valence-electron chi connectivity index (χ4n) is 2.11. The van der Waals surface area contributed by atoms with Crippen LogP contribution in [0.4, 0.5) is 0 Å². The molecule has 23 heavy (non-hydrogen) atoms. The van der Waals surface area contributed by atoms with Crippen LogP contribution in [0.2, 0.25) is 0 Å². The van der Waals surface area contributed by atoms with Gasteiger partial charge in [-0.1, -0.05) is 30.3 Å². The third kappa shape index (κ3) is 3.69. The third-order valence-corrected chi connectivity index (χ3v) is 3.75. The molecule has 0 saturated heterocycles. The second-order valence-corrected chi connectivity index (χ2v) is 5.71. The van der Waals surface area contributed by atoms with E-state index in [4.69, 9.17) is 9.84 Å². The van der Waals surface area contributed by atoms with Gasteiger partial charge in [0, 0.05) is 5.56 Å². The maximum absolute atomic E-state index is 11.2. The molecular weight excluding hydrogens is 296 g/mol. The van der Waals surface area contributed by atoms with Gasteiger partial charge in [0.25, 0.3) is 0 Å². The van der Waals surface area contributed by atoms with Gasteiger partial charge < -0.3 is 14.9 Å². The van der Waals surface area contributed by atoms with E-state index in [0.717, 1.165) is 0 Å². The van der Waals surface area contributed by atoms with Gasteiger partial charge in [-0.15, -0.1) is 0 Å². The molecule has 0 aromatic heterocycles. The average Bonchev–Trinajstić information content (AvgIpc) is 2.53. The molecule has 0 unspecified atom stereocenters. The molecule has 120 valence electrons. The minimum atomic E-state index is -0.997. The Hall–Kier alpha value is -2.82. The highest BCUT2D eigenvalue weighted by Gasteiger charge is 2.29. The van der Waals surface area contributed by atoms with Crippen LogP contribution in [-0.2, 0) is 16.8 Å². The zero-order valence-corrected chi connectivity index (χ0v) is 12.9. The highest BCUT2D eigenvalue weighted by atomic mass is 16.5. The van der Waals surface area contributed by atoms with E-state index in [1.807, 2.05) is 0 Å². The normalized spacial score (nSPS) is 11.0. The van der Waals surface area contributed by atoms with Gasteiger partial charge in [0.15, 0.2) is 0 Å². The standard InChI is InChI=1S/C18H18O5/c1-18(2,17(21)22)13-7-9-14(10-8-13)23-11-12-5-3-4-6-15(12)16(19)20/h3-10H,11H2,1-2H3,(H,19,20)(H,21,22). The van der Waals surface area contributed by atoms with Crippen molar-refractivity contribution in [3.8, 4) is 5.75 Å². The van der Waals surface area contributed by atoms with E-state index < -0.39 is 17.4 Å². The molecule has 2 aromatic carbocycles. The van der Waals surface area contributed by atoms with E-state index in [9.17, 15) is 14.7 Å². The Kier molecular flexibility index (Phi) is 4.69. The second-order valence-electron chi connectivity index (χ2n) is 5.71. The monoisotopic (exact) mass is 314 g/mol. The molecule has 0 saturated carbocycles. The number of aromatic carboxylic acids is 1. The molecule has 0 radical (unpaired) electrons. The van der Waals surface area contributed by atoms with Gasteiger partial charge in [0.2, 0.25) is 0 Å². The summed E-state index contributed by atoms with van der Waals surface area (Å²) in [5, 5.41) is 18.3. The van der Waals surface area contributed by atoms with Gasteiger partial charge in [0.1, 0.15) is 12.4 Å². The Bertz CT molecular complexity index is 716. The molecule has 5 nitrogen and oxygen atoms in total. The largest absolute Gasteiger partial charge is 0.489 e. The topological polar surface area (TPSA) is 83.8 Å². The van der Waals surface area contributed by atoms with Crippen LogP contribution in [0.5, 0.6) is 5.75 Å². The lowest BCUT2D eigenvalue weighted by Crippen LogP contribution is -2.28. The summed E-state index contributed by atoms with van der Waals surface area (Å²) in [4.78, 5) is 22.4. The van der Waals surface area contributed by atoms with Gasteiger partial charge in [-0.25, -0.2) is 4.79 Å². The number of hydrogen-bond acceptors (Lipinski definition) is 3. The zero-order valence-electron chi connectivity index (χ0n) is 12.9.